The van der Waals surface area contributed by atoms with Crippen LogP contribution in [0.4, 0.5) is 0 Å². The standard InChI is InChI=1S/C16H15BrN2O2/c17-15-4-1-5-16(19-15)21-11-12-6-7-14(10-18)13(9-12)3-2-8-20/h1,4-7,9,20H,2-3,8,11H2. The molecule has 0 unspecified atom stereocenters. The third kappa shape index (κ3) is 4.55. The number of halogens is 1. The van der Waals surface area contributed by atoms with Crippen molar-refractivity contribution in [2.75, 3.05) is 6.61 Å². The fraction of sp³-hybridized carbons (Fsp3) is 0.250. The van der Waals surface area contributed by atoms with Gasteiger partial charge in [-0.3, -0.25) is 0 Å². The van der Waals surface area contributed by atoms with Gasteiger partial charge in [0.25, 0.3) is 0 Å². The Morgan fingerprint density at radius 2 is 2.14 bits per heavy atom. The van der Waals surface area contributed by atoms with Gasteiger partial charge in [0.2, 0.25) is 5.88 Å². The van der Waals surface area contributed by atoms with Crippen LogP contribution in [0.3, 0.4) is 0 Å². The Hall–Kier alpha value is -1.90. The van der Waals surface area contributed by atoms with Crippen LogP contribution in [0.5, 0.6) is 5.88 Å². The molecule has 0 saturated heterocycles. The lowest BCUT2D eigenvalue weighted by Crippen LogP contribution is -2.00. The molecule has 1 N–H and O–H groups in total. The number of nitrogens with zero attached hydrogens (tertiary/aromatic N) is 2. The molecule has 1 aromatic carbocycles. The molecule has 0 atom stereocenters. The second kappa shape index (κ2) is 7.77. The van der Waals surface area contributed by atoms with E-state index in [0.29, 0.717) is 30.9 Å². The zero-order chi connectivity index (χ0) is 15.1. The number of aliphatic hydroxyl groups is 1. The monoisotopic (exact) mass is 346 g/mol. The average Bonchev–Trinajstić information content (AvgIpc) is 2.51. The highest BCUT2D eigenvalue weighted by atomic mass is 79.9. The number of hydrogen-bond acceptors (Lipinski definition) is 4. The van der Waals surface area contributed by atoms with E-state index in [-0.39, 0.29) is 6.61 Å². The molecule has 0 amide bonds. The molecule has 5 heteroatoms. The number of hydrogen-bond donors (Lipinski definition) is 1. The Morgan fingerprint density at radius 3 is 2.86 bits per heavy atom. The van der Waals surface area contributed by atoms with E-state index in [0.717, 1.165) is 15.7 Å². The minimum absolute atomic E-state index is 0.119. The van der Waals surface area contributed by atoms with Crippen LogP contribution in [0.25, 0.3) is 0 Å². The summed E-state index contributed by atoms with van der Waals surface area (Å²) in [4.78, 5) is 4.20. The smallest absolute Gasteiger partial charge is 0.214 e. The third-order valence-corrected chi connectivity index (χ3v) is 3.41. The molecule has 1 heterocycles. The van der Waals surface area contributed by atoms with Gasteiger partial charge >= 0.3 is 0 Å². The number of ether oxygens (including phenoxy) is 1. The van der Waals surface area contributed by atoms with Crippen LogP contribution in [0.15, 0.2) is 41.0 Å². The molecule has 21 heavy (non-hydrogen) atoms. The molecule has 1 aromatic heterocycles. The van der Waals surface area contributed by atoms with Gasteiger partial charge in [-0.05, 0) is 52.0 Å². The highest BCUT2D eigenvalue weighted by Crippen LogP contribution is 2.17. The van der Waals surface area contributed by atoms with Gasteiger partial charge in [-0.15, -0.1) is 0 Å². The lowest BCUT2D eigenvalue weighted by molar-refractivity contribution is 0.288. The maximum absolute atomic E-state index is 9.09. The molecular formula is C16H15BrN2O2. The highest BCUT2D eigenvalue weighted by Gasteiger charge is 2.05. The fourth-order valence-corrected chi connectivity index (χ4v) is 2.28. The number of aromatic nitrogens is 1. The molecule has 0 spiro atoms. The SMILES string of the molecule is N#Cc1ccc(COc2cccc(Br)n2)cc1CCCO. The Labute approximate surface area is 132 Å². The Bertz CT molecular complexity index is 653. The Kier molecular flexibility index (Phi) is 5.73. The number of rotatable bonds is 6. The van der Waals surface area contributed by atoms with E-state index >= 15 is 0 Å². The van der Waals surface area contributed by atoms with Crippen molar-refractivity contribution in [3.05, 3.63) is 57.7 Å². The predicted octanol–water partition coefficient (Wildman–Crippen LogP) is 3.22. The van der Waals surface area contributed by atoms with Crippen molar-refractivity contribution in [1.29, 1.82) is 5.26 Å². The van der Waals surface area contributed by atoms with Crippen LogP contribution < -0.4 is 4.74 Å². The minimum Gasteiger partial charge on any atom is -0.473 e. The third-order valence-electron chi connectivity index (χ3n) is 2.97. The summed E-state index contributed by atoms with van der Waals surface area (Å²) in [5.41, 5.74) is 2.56. The molecule has 0 aliphatic heterocycles. The zero-order valence-electron chi connectivity index (χ0n) is 11.4. The summed E-state index contributed by atoms with van der Waals surface area (Å²) in [5, 5.41) is 18.0. The van der Waals surface area contributed by atoms with Crippen LogP contribution in [0.1, 0.15) is 23.1 Å². The van der Waals surface area contributed by atoms with Crippen molar-refractivity contribution in [3.63, 3.8) is 0 Å². The van der Waals surface area contributed by atoms with Crippen molar-refractivity contribution < 1.29 is 9.84 Å². The Morgan fingerprint density at radius 1 is 1.29 bits per heavy atom. The van der Waals surface area contributed by atoms with E-state index < -0.39 is 0 Å². The van der Waals surface area contributed by atoms with Crippen LogP contribution in [-0.4, -0.2) is 16.7 Å². The number of pyridine rings is 1. The van der Waals surface area contributed by atoms with Gasteiger partial charge in [-0.2, -0.15) is 5.26 Å². The molecule has 0 aliphatic rings. The van der Waals surface area contributed by atoms with Crippen LogP contribution >= 0.6 is 15.9 Å². The van der Waals surface area contributed by atoms with E-state index in [1.165, 1.54) is 0 Å². The molecule has 2 rings (SSSR count). The topological polar surface area (TPSA) is 66.1 Å². The molecular weight excluding hydrogens is 332 g/mol. The van der Waals surface area contributed by atoms with Crippen molar-refractivity contribution in [3.8, 4) is 11.9 Å². The van der Waals surface area contributed by atoms with Crippen molar-refractivity contribution in [2.45, 2.75) is 19.4 Å². The maximum Gasteiger partial charge on any atom is 0.214 e. The summed E-state index contributed by atoms with van der Waals surface area (Å²) < 4.78 is 6.36. The Balaban J connectivity index is 2.08. The number of benzene rings is 1. The molecule has 0 fully saturated rings. The summed E-state index contributed by atoms with van der Waals surface area (Å²) in [6.07, 6.45) is 1.33. The van der Waals surface area contributed by atoms with Gasteiger partial charge in [-0.1, -0.05) is 18.2 Å². The van der Waals surface area contributed by atoms with Gasteiger partial charge in [0, 0.05) is 12.7 Å². The minimum atomic E-state index is 0.119. The molecule has 0 saturated carbocycles. The summed E-state index contributed by atoms with van der Waals surface area (Å²) in [7, 11) is 0. The summed E-state index contributed by atoms with van der Waals surface area (Å²) >= 11 is 3.30. The summed E-state index contributed by atoms with van der Waals surface area (Å²) in [5.74, 6) is 0.547. The van der Waals surface area contributed by atoms with E-state index in [4.69, 9.17) is 15.1 Å². The largest absolute Gasteiger partial charge is 0.473 e. The van der Waals surface area contributed by atoms with Crippen molar-refractivity contribution in [2.24, 2.45) is 0 Å². The second-order valence-electron chi connectivity index (χ2n) is 4.52. The lowest BCUT2D eigenvalue weighted by Gasteiger charge is -2.09. The molecule has 0 bridgehead atoms. The van der Waals surface area contributed by atoms with E-state index in [1.807, 2.05) is 24.3 Å². The van der Waals surface area contributed by atoms with Crippen LogP contribution in [0.2, 0.25) is 0 Å². The summed E-state index contributed by atoms with van der Waals surface area (Å²) in [6, 6.07) is 13.3. The van der Waals surface area contributed by atoms with E-state index in [1.54, 1.807) is 12.1 Å². The van der Waals surface area contributed by atoms with Crippen molar-refractivity contribution in [1.82, 2.24) is 4.98 Å². The van der Waals surface area contributed by atoms with Gasteiger partial charge in [-0.25, -0.2) is 4.98 Å². The normalized spacial score (nSPS) is 10.1. The van der Waals surface area contributed by atoms with Gasteiger partial charge in [0.1, 0.15) is 11.2 Å². The van der Waals surface area contributed by atoms with Crippen molar-refractivity contribution >= 4 is 15.9 Å². The van der Waals surface area contributed by atoms with E-state index in [9.17, 15) is 0 Å². The van der Waals surface area contributed by atoms with Crippen LogP contribution in [-0.2, 0) is 13.0 Å². The van der Waals surface area contributed by atoms with Gasteiger partial charge < -0.3 is 9.84 Å². The molecule has 0 aliphatic carbocycles. The average molecular weight is 347 g/mol. The first-order chi connectivity index (χ1) is 10.2. The highest BCUT2D eigenvalue weighted by molar-refractivity contribution is 9.10. The first kappa shape index (κ1) is 15.5. The number of aryl methyl sites for hydroxylation is 1. The number of nitriles is 1. The first-order valence-corrected chi connectivity index (χ1v) is 7.40. The second-order valence-corrected chi connectivity index (χ2v) is 5.33. The molecule has 0 radical (unpaired) electrons. The van der Waals surface area contributed by atoms with E-state index in [2.05, 4.69) is 27.0 Å². The van der Waals surface area contributed by atoms with Gasteiger partial charge in [0.05, 0.1) is 11.6 Å². The molecule has 2 aromatic rings. The quantitative estimate of drug-likeness (QED) is 0.815. The first-order valence-electron chi connectivity index (χ1n) is 6.61. The fourth-order valence-electron chi connectivity index (χ4n) is 1.95. The summed E-state index contributed by atoms with van der Waals surface area (Å²) in [6.45, 7) is 0.509. The molecule has 108 valence electrons. The zero-order valence-corrected chi connectivity index (χ0v) is 13.0. The lowest BCUT2D eigenvalue weighted by atomic mass is 10.0. The van der Waals surface area contributed by atoms with Gasteiger partial charge in [0.15, 0.2) is 0 Å². The number of aliphatic hydroxyl groups excluding tert-OH is 1. The van der Waals surface area contributed by atoms with Crippen LogP contribution in [0, 0.1) is 11.3 Å². The predicted molar refractivity (Wildman–Crippen MR) is 82.8 cm³/mol. The molecule has 4 nitrogen and oxygen atoms in total. The maximum atomic E-state index is 9.09.